The first-order chi connectivity index (χ1) is 13.8. The van der Waals surface area contributed by atoms with Crippen molar-refractivity contribution in [1.82, 2.24) is 25.3 Å². The Morgan fingerprint density at radius 2 is 1.90 bits per heavy atom. The molecule has 0 bridgehead atoms. The molecule has 9 heteroatoms. The van der Waals surface area contributed by atoms with E-state index in [-0.39, 0.29) is 17.2 Å². The van der Waals surface area contributed by atoms with E-state index < -0.39 is 0 Å². The molecule has 9 nitrogen and oxygen atoms in total. The van der Waals surface area contributed by atoms with Crippen molar-refractivity contribution < 1.29 is 18.8 Å². The summed E-state index contributed by atoms with van der Waals surface area (Å²) in [6, 6.07) is 0. The Labute approximate surface area is 173 Å². The van der Waals surface area contributed by atoms with Crippen molar-refractivity contribution in [3.8, 4) is 0 Å². The lowest BCUT2D eigenvalue weighted by Gasteiger charge is -2.34. The van der Waals surface area contributed by atoms with E-state index >= 15 is 0 Å². The molecule has 2 heterocycles. The number of ether oxygens (including phenoxy) is 1. The van der Waals surface area contributed by atoms with Gasteiger partial charge in [0.25, 0.3) is 0 Å². The van der Waals surface area contributed by atoms with Gasteiger partial charge in [-0.25, -0.2) is 0 Å². The van der Waals surface area contributed by atoms with Crippen LogP contribution in [0.5, 0.6) is 0 Å². The molecule has 0 spiro atoms. The normalized spacial score (nSPS) is 15.5. The van der Waals surface area contributed by atoms with Crippen LogP contribution >= 0.6 is 0 Å². The summed E-state index contributed by atoms with van der Waals surface area (Å²) < 4.78 is 10.2. The summed E-state index contributed by atoms with van der Waals surface area (Å²) in [5.41, 5.74) is -0.141. The van der Waals surface area contributed by atoms with Crippen molar-refractivity contribution in [2.75, 3.05) is 53.0 Å². The number of aromatic nitrogens is 2. The Balaban J connectivity index is 1.62. The summed E-state index contributed by atoms with van der Waals surface area (Å²) in [6.45, 7) is 10.5. The molecule has 1 aromatic rings. The molecule has 2 rings (SSSR count). The SMILES string of the molecule is COCCCNC(=O)CN1CCN(C(=O)CCCc2nc(C(C)(C)C)no2)CC1. The van der Waals surface area contributed by atoms with Crippen molar-refractivity contribution in [1.29, 1.82) is 0 Å². The Morgan fingerprint density at radius 3 is 2.52 bits per heavy atom. The maximum absolute atomic E-state index is 12.4. The van der Waals surface area contributed by atoms with Gasteiger partial charge in [0, 0.05) is 64.7 Å². The van der Waals surface area contributed by atoms with Crippen LogP contribution in [0.1, 0.15) is 51.7 Å². The largest absolute Gasteiger partial charge is 0.385 e. The minimum Gasteiger partial charge on any atom is -0.385 e. The molecule has 1 N–H and O–H groups in total. The average molecular weight is 410 g/mol. The molecule has 164 valence electrons. The van der Waals surface area contributed by atoms with E-state index in [2.05, 4.69) is 20.4 Å². The van der Waals surface area contributed by atoms with Gasteiger partial charge in [-0.3, -0.25) is 14.5 Å². The van der Waals surface area contributed by atoms with Gasteiger partial charge in [0.15, 0.2) is 5.82 Å². The van der Waals surface area contributed by atoms with E-state index in [0.717, 1.165) is 19.5 Å². The quantitative estimate of drug-likeness (QED) is 0.575. The Bertz CT molecular complexity index is 648. The van der Waals surface area contributed by atoms with Crippen LogP contribution in [-0.2, 0) is 26.2 Å². The van der Waals surface area contributed by atoms with Crippen molar-refractivity contribution in [2.24, 2.45) is 0 Å². The summed E-state index contributed by atoms with van der Waals surface area (Å²) >= 11 is 0. The number of carbonyl (C=O) groups excluding carboxylic acids is 2. The first-order valence-electron chi connectivity index (χ1n) is 10.4. The second-order valence-corrected chi connectivity index (χ2v) is 8.47. The first-order valence-corrected chi connectivity index (χ1v) is 10.4. The smallest absolute Gasteiger partial charge is 0.234 e. The number of hydrogen-bond acceptors (Lipinski definition) is 7. The number of amides is 2. The molecular weight excluding hydrogens is 374 g/mol. The van der Waals surface area contributed by atoms with E-state index in [4.69, 9.17) is 9.26 Å². The number of carbonyl (C=O) groups is 2. The van der Waals surface area contributed by atoms with Gasteiger partial charge in [-0.2, -0.15) is 4.98 Å². The molecule has 0 unspecified atom stereocenters. The van der Waals surface area contributed by atoms with Crippen LogP contribution in [0.3, 0.4) is 0 Å². The topological polar surface area (TPSA) is 101 Å². The highest BCUT2D eigenvalue weighted by atomic mass is 16.5. The van der Waals surface area contributed by atoms with Crippen LogP contribution in [0.4, 0.5) is 0 Å². The second-order valence-electron chi connectivity index (χ2n) is 8.47. The molecule has 0 atom stereocenters. The van der Waals surface area contributed by atoms with Gasteiger partial charge in [-0.1, -0.05) is 25.9 Å². The van der Waals surface area contributed by atoms with Crippen LogP contribution < -0.4 is 5.32 Å². The molecule has 1 aliphatic heterocycles. The van der Waals surface area contributed by atoms with E-state index in [1.165, 1.54) is 0 Å². The zero-order valence-corrected chi connectivity index (χ0v) is 18.2. The van der Waals surface area contributed by atoms with Gasteiger partial charge in [0.1, 0.15) is 0 Å². The molecule has 1 aliphatic rings. The molecule has 1 saturated heterocycles. The molecule has 0 aromatic carbocycles. The first kappa shape index (κ1) is 23.3. The van der Waals surface area contributed by atoms with Crippen LogP contribution in [0.15, 0.2) is 4.52 Å². The molecule has 1 fully saturated rings. The van der Waals surface area contributed by atoms with Gasteiger partial charge < -0.3 is 19.5 Å². The molecular formula is C20H35N5O4. The maximum atomic E-state index is 12.4. The second kappa shape index (κ2) is 11.3. The van der Waals surface area contributed by atoms with E-state index in [0.29, 0.717) is 63.8 Å². The predicted molar refractivity (Wildman–Crippen MR) is 108 cm³/mol. The lowest BCUT2D eigenvalue weighted by atomic mass is 9.96. The van der Waals surface area contributed by atoms with Gasteiger partial charge in [0.2, 0.25) is 17.7 Å². The molecule has 0 aliphatic carbocycles. The van der Waals surface area contributed by atoms with Crippen LogP contribution in [0, 0.1) is 0 Å². The van der Waals surface area contributed by atoms with E-state index in [9.17, 15) is 9.59 Å². The summed E-state index contributed by atoms with van der Waals surface area (Å²) in [4.78, 5) is 32.7. The number of nitrogens with one attached hydrogen (secondary N) is 1. The van der Waals surface area contributed by atoms with Gasteiger partial charge in [0.05, 0.1) is 6.54 Å². The Hall–Kier alpha value is -2.00. The fourth-order valence-electron chi connectivity index (χ4n) is 3.07. The minimum atomic E-state index is -0.141. The lowest BCUT2D eigenvalue weighted by molar-refractivity contribution is -0.133. The van der Waals surface area contributed by atoms with E-state index in [1.54, 1.807) is 7.11 Å². The molecule has 1 aromatic heterocycles. The molecule has 0 saturated carbocycles. The summed E-state index contributed by atoms with van der Waals surface area (Å²) in [5, 5.41) is 6.90. The van der Waals surface area contributed by atoms with Crippen molar-refractivity contribution in [3.05, 3.63) is 11.7 Å². The van der Waals surface area contributed by atoms with Crippen LogP contribution in [0.2, 0.25) is 0 Å². The number of aryl methyl sites for hydroxylation is 1. The maximum Gasteiger partial charge on any atom is 0.234 e. The summed E-state index contributed by atoms with van der Waals surface area (Å²) in [5.74, 6) is 1.45. The van der Waals surface area contributed by atoms with Gasteiger partial charge in [-0.05, 0) is 12.8 Å². The van der Waals surface area contributed by atoms with E-state index in [1.807, 2.05) is 25.7 Å². The fourth-order valence-corrected chi connectivity index (χ4v) is 3.07. The number of nitrogens with zero attached hydrogens (tertiary/aromatic N) is 4. The third kappa shape index (κ3) is 8.10. The monoisotopic (exact) mass is 409 g/mol. The van der Waals surface area contributed by atoms with Crippen molar-refractivity contribution in [2.45, 2.75) is 51.9 Å². The highest BCUT2D eigenvalue weighted by Gasteiger charge is 2.23. The standard InChI is InChI=1S/C20H35N5O4/c1-20(2,3)19-22-17(29-23-19)7-5-8-18(27)25-12-10-24(11-13-25)15-16(26)21-9-6-14-28-4/h5-15H2,1-4H3,(H,21,26). The van der Waals surface area contributed by atoms with Crippen molar-refractivity contribution >= 4 is 11.8 Å². The average Bonchev–Trinajstić information content (AvgIpc) is 3.15. The third-order valence-corrected chi connectivity index (χ3v) is 4.86. The lowest BCUT2D eigenvalue weighted by Crippen LogP contribution is -2.51. The Morgan fingerprint density at radius 1 is 1.17 bits per heavy atom. The summed E-state index contributed by atoms with van der Waals surface area (Å²) in [7, 11) is 1.65. The Kier molecular flexibility index (Phi) is 9.03. The van der Waals surface area contributed by atoms with Crippen LogP contribution in [0.25, 0.3) is 0 Å². The molecule has 29 heavy (non-hydrogen) atoms. The number of methoxy groups -OCH3 is 1. The third-order valence-electron chi connectivity index (χ3n) is 4.86. The zero-order chi connectivity index (χ0) is 21.3. The minimum absolute atomic E-state index is 0.0232. The molecule has 2 amide bonds. The highest BCUT2D eigenvalue weighted by Crippen LogP contribution is 2.19. The van der Waals surface area contributed by atoms with Crippen molar-refractivity contribution in [3.63, 3.8) is 0 Å². The number of piperazine rings is 1. The zero-order valence-electron chi connectivity index (χ0n) is 18.2. The van der Waals surface area contributed by atoms with Gasteiger partial charge >= 0.3 is 0 Å². The van der Waals surface area contributed by atoms with Crippen LogP contribution in [-0.4, -0.2) is 84.7 Å². The number of hydrogen-bond donors (Lipinski definition) is 1. The predicted octanol–water partition coefficient (Wildman–Crippen LogP) is 0.987. The fraction of sp³-hybridized carbons (Fsp3) is 0.800. The number of rotatable bonds is 10. The summed E-state index contributed by atoms with van der Waals surface area (Å²) in [6.07, 6.45) is 2.57. The highest BCUT2D eigenvalue weighted by molar-refractivity contribution is 5.78. The van der Waals surface area contributed by atoms with Gasteiger partial charge in [-0.15, -0.1) is 0 Å². The molecule has 0 radical (unpaired) electrons.